The van der Waals surface area contributed by atoms with E-state index in [1.807, 2.05) is 20.8 Å². The van der Waals surface area contributed by atoms with Crippen LogP contribution in [0.25, 0.3) is 0 Å². The third kappa shape index (κ3) is 2.37. The molecule has 0 saturated carbocycles. The number of aromatic nitrogens is 2. The molecule has 1 rings (SSSR count). The van der Waals surface area contributed by atoms with Gasteiger partial charge in [-0.1, -0.05) is 13.8 Å². The van der Waals surface area contributed by atoms with Crippen molar-refractivity contribution in [3.8, 4) is 0 Å². The summed E-state index contributed by atoms with van der Waals surface area (Å²) in [6, 6.07) is 0. The summed E-state index contributed by atoms with van der Waals surface area (Å²) in [5, 5.41) is 0. The molecule has 1 aromatic heterocycles. The molecule has 0 aliphatic carbocycles. The van der Waals surface area contributed by atoms with Crippen LogP contribution < -0.4 is 11.2 Å². The van der Waals surface area contributed by atoms with Crippen LogP contribution in [0.5, 0.6) is 0 Å². The highest BCUT2D eigenvalue weighted by Gasteiger charge is 2.07. The third-order valence-corrected chi connectivity index (χ3v) is 2.29. The predicted octanol–water partition coefficient (Wildman–Crippen LogP) is 0.994. The molecule has 0 saturated heterocycles. The summed E-state index contributed by atoms with van der Waals surface area (Å²) in [6.45, 7) is 8.72. The number of nitrogens with zero attached hydrogens (tertiary/aromatic N) is 2. The van der Waals surface area contributed by atoms with Gasteiger partial charge in [0.05, 0.1) is 0 Å². The first kappa shape index (κ1) is 11.8. The third-order valence-electron chi connectivity index (χ3n) is 2.29. The van der Waals surface area contributed by atoms with Crippen LogP contribution in [0, 0.1) is 12.8 Å². The van der Waals surface area contributed by atoms with Gasteiger partial charge in [0.2, 0.25) is 0 Å². The van der Waals surface area contributed by atoms with E-state index < -0.39 is 0 Å². The maximum atomic E-state index is 11.8. The monoisotopic (exact) mass is 210 g/mol. The maximum absolute atomic E-state index is 11.8. The summed E-state index contributed by atoms with van der Waals surface area (Å²) >= 11 is 0. The molecule has 84 valence electrons. The van der Waals surface area contributed by atoms with Crippen molar-refractivity contribution >= 4 is 0 Å². The van der Waals surface area contributed by atoms with Gasteiger partial charge in [-0.25, -0.2) is 4.79 Å². The Bertz CT molecular complexity index is 455. The van der Waals surface area contributed by atoms with E-state index in [0.29, 0.717) is 24.6 Å². The number of hydrogen-bond donors (Lipinski definition) is 0. The molecule has 4 nitrogen and oxygen atoms in total. The van der Waals surface area contributed by atoms with Gasteiger partial charge in [-0.2, -0.15) is 0 Å². The first-order chi connectivity index (χ1) is 6.97. The van der Waals surface area contributed by atoms with E-state index in [0.717, 1.165) is 0 Å². The Morgan fingerprint density at radius 3 is 2.40 bits per heavy atom. The maximum Gasteiger partial charge on any atom is 0.330 e. The fraction of sp³-hybridized carbons (Fsp3) is 0.636. The SMILES string of the molecule is CCn1c(=O)c(C)cn(CC(C)C)c1=O. The molecule has 0 amide bonds. The van der Waals surface area contributed by atoms with Crippen molar-refractivity contribution in [1.82, 2.24) is 9.13 Å². The summed E-state index contributed by atoms with van der Waals surface area (Å²) in [5.41, 5.74) is 0.237. The van der Waals surface area contributed by atoms with Crippen LogP contribution in [0.4, 0.5) is 0 Å². The number of rotatable bonds is 3. The lowest BCUT2D eigenvalue weighted by Crippen LogP contribution is -2.40. The van der Waals surface area contributed by atoms with Crippen molar-refractivity contribution in [1.29, 1.82) is 0 Å². The van der Waals surface area contributed by atoms with Crippen molar-refractivity contribution in [3.05, 3.63) is 32.6 Å². The second-order valence-corrected chi connectivity index (χ2v) is 4.19. The van der Waals surface area contributed by atoms with Crippen LogP contribution in [-0.2, 0) is 13.1 Å². The van der Waals surface area contributed by atoms with Crippen LogP contribution in [0.2, 0.25) is 0 Å². The van der Waals surface area contributed by atoms with Crippen LogP contribution >= 0.6 is 0 Å². The average Bonchev–Trinajstić information content (AvgIpc) is 2.14. The fourth-order valence-corrected chi connectivity index (χ4v) is 1.60. The highest BCUT2D eigenvalue weighted by atomic mass is 16.2. The average molecular weight is 210 g/mol. The topological polar surface area (TPSA) is 44.0 Å². The van der Waals surface area contributed by atoms with Crippen LogP contribution in [-0.4, -0.2) is 9.13 Å². The van der Waals surface area contributed by atoms with E-state index in [1.54, 1.807) is 17.7 Å². The van der Waals surface area contributed by atoms with Gasteiger partial charge in [0.25, 0.3) is 5.56 Å². The second-order valence-electron chi connectivity index (χ2n) is 4.19. The molecule has 0 unspecified atom stereocenters. The lowest BCUT2D eigenvalue weighted by Gasteiger charge is -2.11. The lowest BCUT2D eigenvalue weighted by molar-refractivity contribution is 0.476. The Labute approximate surface area is 89.2 Å². The molecule has 1 heterocycles. The van der Waals surface area contributed by atoms with E-state index in [4.69, 9.17) is 0 Å². The van der Waals surface area contributed by atoms with E-state index >= 15 is 0 Å². The normalized spacial score (nSPS) is 11.0. The molecular formula is C11H18N2O2. The van der Waals surface area contributed by atoms with Gasteiger partial charge >= 0.3 is 5.69 Å². The summed E-state index contributed by atoms with van der Waals surface area (Å²) in [6.07, 6.45) is 1.65. The van der Waals surface area contributed by atoms with Gasteiger partial charge in [-0.15, -0.1) is 0 Å². The Kier molecular flexibility index (Phi) is 3.50. The summed E-state index contributed by atoms with van der Waals surface area (Å²) in [7, 11) is 0. The van der Waals surface area contributed by atoms with Crippen molar-refractivity contribution in [3.63, 3.8) is 0 Å². The highest BCUT2D eigenvalue weighted by molar-refractivity contribution is 5.02. The Morgan fingerprint density at radius 2 is 1.93 bits per heavy atom. The van der Waals surface area contributed by atoms with Gasteiger partial charge in [0.1, 0.15) is 0 Å². The largest absolute Gasteiger partial charge is 0.330 e. The van der Waals surface area contributed by atoms with Gasteiger partial charge in [-0.3, -0.25) is 13.9 Å². The van der Waals surface area contributed by atoms with E-state index in [9.17, 15) is 9.59 Å². The Morgan fingerprint density at radius 1 is 1.33 bits per heavy atom. The van der Waals surface area contributed by atoms with Crippen LogP contribution in [0.15, 0.2) is 15.8 Å². The van der Waals surface area contributed by atoms with E-state index in [2.05, 4.69) is 0 Å². The van der Waals surface area contributed by atoms with Crippen molar-refractivity contribution in [2.45, 2.75) is 40.8 Å². The zero-order valence-corrected chi connectivity index (χ0v) is 9.78. The molecule has 1 aromatic rings. The standard InChI is InChI=1S/C11H18N2O2/c1-5-13-10(14)9(4)7-12(11(13)15)6-8(2)3/h7-8H,5-6H2,1-4H3. The Balaban J connectivity index is 3.38. The quantitative estimate of drug-likeness (QED) is 0.747. The number of hydrogen-bond acceptors (Lipinski definition) is 2. The zero-order chi connectivity index (χ0) is 11.6. The summed E-state index contributed by atoms with van der Waals surface area (Å²) in [5.74, 6) is 0.393. The van der Waals surface area contributed by atoms with Gasteiger partial charge < -0.3 is 0 Å². The second kappa shape index (κ2) is 4.47. The minimum Gasteiger partial charge on any atom is -0.300 e. The first-order valence-electron chi connectivity index (χ1n) is 5.28. The molecule has 4 heteroatoms. The molecule has 0 N–H and O–H groups in total. The predicted molar refractivity (Wildman–Crippen MR) is 60.2 cm³/mol. The molecule has 0 aliphatic heterocycles. The van der Waals surface area contributed by atoms with Crippen LogP contribution in [0.1, 0.15) is 26.3 Å². The minimum atomic E-state index is -0.207. The van der Waals surface area contributed by atoms with Crippen molar-refractivity contribution < 1.29 is 0 Å². The van der Waals surface area contributed by atoms with Crippen molar-refractivity contribution in [2.24, 2.45) is 5.92 Å². The summed E-state index contributed by atoms with van der Waals surface area (Å²) in [4.78, 5) is 23.4. The van der Waals surface area contributed by atoms with Crippen LogP contribution in [0.3, 0.4) is 0 Å². The molecule has 0 spiro atoms. The molecule has 0 atom stereocenters. The van der Waals surface area contributed by atoms with E-state index in [1.165, 1.54) is 4.57 Å². The van der Waals surface area contributed by atoms with E-state index in [-0.39, 0.29) is 11.2 Å². The Hall–Kier alpha value is -1.32. The van der Waals surface area contributed by atoms with Crippen molar-refractivity contribution in [2.75, 3.05) is 0 Å². The lowest BCUT2D eigenvalue weighted by atomic mass is 10.2. The van der Waals surface area contributed by atoms with Gasteiger partial charge in [0.15, 0.2) is 0 Å². The van der Waals surface area contributed by atoms with Gasteiger partial charge in [-0.05, 0) is 19.8 Å². The molecule has 0 bridgehead atoms. The van der Waals surface area contributed by atoms with Gasteiger partial charge in [0, 0.05) is 24.8 Å². The smallest absolute Gasteiger partial charge is 0.300 e. The minimum absolute atomic E-state index is 0.178. The first-order valence-corrected chi connectivity index (χ1v) is 5.28. The fourth-order valence-electron chi connectivity index (χ4n) is 1.60. The highest BCUT2D eigenvalue weighted by Crippen LogP contribution is 1.96. The summed E-state index contributed by atoms with van der Waals surface area (Å²) < 4.78 is 2.89. The molecule has 15 heavy (non-hydrogen) atoms. The number of aryl methyl sites for hydroxylation is 1. The molecular weight excluding hydrogens is 192 g/mol. The molecule has 0 fully saturated rings. The molecule has 0 radical (unpaired) electrons. The zero-order valence-electron chi connectivity index (χ0n) is 9.78. The molecule has 0 aliphatic rings. The molecule has 0 aromatic carbocycles.